The number of aromatic nitrogens is 1. The van der Waals surface area contributed by atoms with Crippen LogP contribution < -0.4 is 10.9 Å². The maximum absolute atomic E-state index is 12.6. The maximum Gasteiger partial charge on any atom is 0.405 e. The summed E-state index contributed by atoms with van der Waals surface area (Å²) in [4.78, 5) is 24.7. The second-order valence-corrected chi connectivity index (χ2v) is 5.69. The van der Waals surface area contributed by atoms with Gasteiger partial charge in [0.05, 0.1) is 0 Å². The molecular formula is C16H17F3N2O2. The first kappa shape index (κ1) is 17.1. The highest BCUT2D eigenvalue weighted by Crippen LogP contribution is 2.18. The van der Waals surface area contributed by atoms with E-state index in [0.29, 0.717) is 10.8 Å². The van der Waals surface area contributed by atoms with Crippen LogP contribution in [0.15, 0.2) is 29.1 Å². The van der Waals surface area contributed by atoms with E-state index in [1.54, 1.807) is 32.0 Å². The van der Waals surface area contributed by atoms with Gasteiger partial charge >= 0.3 is 6.18 Å². The van der Waals surface area contributed by atoms with Gasteiger partial charge in [0.1, 0.15) is 12.2 Å². The molecule has 2 aromatic rings. The minimum Gasteiger partial charge on any atom is -0.342 e. The lowest BCUT2D eigenvalue weighted by Gasteiger charge is -2.18. The minimum atomic E-state index is -4.51. The molecule has 0 fully saturated rings. The van der Waals surface area contributed by atoms with Crippen molar-refractivity contribution >= 4 is 16.7 Å². The molecule has 0 atom stereocenters. The predicted molar refractivity (Wildman–Crippen MR) is 81.7 cm³/mol. The van der Waals surface area contributed by atoms with Gasteiger partial charge in [0.15, 0.2) is 0 Å². The summed E-state index contributed by atoms with van der Waals surface area (Å²) in [5.41, 5.74) is 0.420. The van der Waals surface area contributed by atoms with Crippen molar-refractivity contribution in [3.63, 3.8) is 0 Å². The summed E-state index contributed by atoms with van der Waals surface area (Å²) in [7, 11) is 0. The van der Waals surface area contributed by atoms with E-state index in [0.717, 1.165) is 5.56 Å². The molecule has 1 N–H and O–H groups in total. The van der Waals surface area contributed by atoms with Crippen LogP contribution >= 0.6 is 0 Å². The van der Waals surface area contributed by atoms with E-state index in [1.807, 2.05) is 12.2 Å². The molecule has 0 spiro atoms. The van der Waals surface area contributed by atoms with Crippen LogP contribution in [-0.4, -0.2) is 23.2 Å². The first-order chi connectivity index (χ1) is 10.6. The number of alkyl halides is 3. The Labute approximate surface area is 130 Å². The normalized spacial score (nSPS) is 12.0. The van der Waals surface area contributed by atoms with Gasteiger partial charge in [-0.05, 0) is 38.3 Å². The lowest BCUT2D eigenvalue weighted by Crippen LogP contribution is -2.37. The number of carbonyl (C=O) groups excluding carboxylic acids is 1. The Kier molecular flexibility index (Phi) is 4.49. The average molecular weight is 326 g/mol. The van der Waals surface area contributed by atoms with Crippen molar-refractivity contribution in [3.05, 3.63) is 45.9 Å². The van der Waals surface area contributed by atoms with Crippen molar-refractivity contribution in [2.45, 2.75) is 33.0 Å². The number of amides is 1. The second kappa shape index (κ2) is 6.06. The summed E-state index contributed by atoms with van der Waals surface area (Å²) in [6, 6.07) is 6.24. The molecule has 1 amide bonds. The van der Waals surface area contributed by atoms with Gasteiger partial charge in [0.2, 0.25) is 0 Å². The van der Waals surface area contributed by atoms with Crippen LogP contribution in [0.2, 0.25) is 0 Å². The maximum atomic E-state index is 12.6. The van der Waals surface area contributed by atoms with Gasteiger partial charge in [-0.2, -0.15) is 13.2 Å². The molecule has 1 aromatic heterocycles. The number of hydrogen-bond acceptors (Lipinski definition) is 2. The zero-order valence-corrected chi connectivity index (χ0v) is 13.0. The molecule has 2 rings (SSSR count). The Morgan fingerprint density at radius 2 is 1.91 bits per heavy atom. The van der Waals surface area contributed by atoms with E-state index in [4.69, 9.17) is 0 Å². The van der Waals surface area contributed by atoms with Crippen molar-refractivity contribution in [3.8, 4) is 0 Å². The van der Waals surface area contributed by atoms with Crippen LogP contribution in [0.25, 0.3) is 10.8 Å². The van der Waals surface area contributed by atoms with Crippen molar-refractivity contribution in [1.29, 1.82) is 0 Å². The molecule has 0 radical (unpaired) electrons. The first-order valence-corrected chi connectivity index (χ1v) is 7.11. The molecule has 1 heterocycles. The molecule has 0 aliphatic heterocycles. The van der Waals surface area contributed by atoms with E-state index in [2.05, 4.69) is 0 Å². The number of hydrogen-bond donors (Lipinski definition) is 1. The third kappa shape index (κ3) is 3.72. The van der Waals surface area contributed by atoms with Gasteiger partial charge in [0, 0.05) is 11.4 Å². The van der Waals surface area contributed by atoms with Crippen LogP contribution in [0.1, 0.15) is 35.9 Å². The van der Waals surface area contributed by atoms with Crippen LogP contribution in [0, 0.1) is 6.92 Å². The number of aryl methyl sites for hydroxylation is 1. The van der Waals surface area contributed by atoms with Gasteiger partial charge in [-0.15, -0.1) is 0 Å². The Hall–Kier alpha value is -2.31. The van der Waals surface area contributed by atoms with E-state index < -0.39 is 24.2 Å². The third-order valence-corrected chi connectivity index (χ3v) is 3.41. The number of halogens is 3. The predicted octanol–water partition coefficient (Wildman–Crippen LogP) is 3.18. The summed E-state index contributed by atoms with van der Waals surface area (Å²) in [5, 5.41) is 2.77. The molecule has 0 bridgehead atoms. The summed E-state index contributed by atoms with van der Waals surface area (Å²) in [5.74, 6) is -0.921. The van der Waals surface area contributed by atoms with Gasteiger partial charge < -0.3 is 9.88 Å². The SMILES string of the molecule is Cc1ccc2cc(C(=O)NCC(F)(F)F)n(C(C)C)c(=O)c2c1. The molecule has 7 heteroatoms. The second-order valence-electron chi connectivity index (χ2n) is 5.69. The number of nitrogens with one attached hydrogen (secondary N) is 1. The van der Waals surface area contributed by atoms with Gasteiger partial charge in [-0.1, -0.05) is 17.7 Å². The molecule has 23 heavy (non-hydrogen) atoms. The number of pyridine rings is 1. The Bertz CT molecular complexity index is 807. The lowest BCUT2D eigenvalue weighted by atomic mass is 10.1. The van der Waals surface area contributed by atoms with Crippen molar-refractivity contribution in [1.82, 2.24) is 9.88 Å². The molecule has 0 aliphatic rings. The van der Waals surface area contributed by atoms with Crippen molar-refractivity contribution in [2.24, 2.45) is 0 Å². The molecule has 0 unspecified atom stereocenters. The highest BCUT2D eigenvalue weighted by Gasteiger charge is 2.29. The molecule has 0 saturated heterocycles. The van der Waals surface area contributed by atoms with E-state index in [9.17, 15) is 22.8 Å². The molecule has 124 valence electrons. The largest absolute Gasteiger partial charge is 0.405 e. The zero-order chi connectivity index (χ0) is 17.4. The molecular weight excluding hydrogens is 309 g/mol. The minimum absolute atomic E-state index is 0.0781. The third-order valence-electron chi connectivity index (χ3n) is 3.41. The van der Waals surface area contributed by atoms with E-state index in [-0.39, 0.29) is 11.7 Å². The highest BCUT2D eigenvalue weighted by atomic mass is 19.4. The topological polar surface area (TPSA) is 51.1 Å². The molecule has 1 aromatic carbocycles. The number of carbonyl (C=O) groups is 1. The van der Waals surface area contributed by atoms with E-state index in [1.165, 1.54) is 10.6 Å². The summed E-state index contributed by atoms with van der Waals surface area (Å²) in [6.07, 6.45) is -4.51. The molecule has 0 aliphatic carbocycles. The lowest BCUT2D eigenvalue weighted by molar-refractivity contribution is -0.123. The smallest absolute Gasteiger partial charge is 0.342 e. The summed E-state index contributed by atoms with van der Waals surface area (Å²) in [6.45, 7) is 3.79. The first-order valence-electron chi connectivity index (χ1n) is 7.11. The zero-order valence-electron chi connectivity index (χ0n) is 13.0. The highest BCUT2D eigenvalue weighted by molar-refractivity contribution is 5.96. The van der Waals surface area contributed by atoms with Gasteiger partial charge in [0.25, 0.3) is 11.5 Å². The summed E-state index contributed by atoms with van der Waals surface area (Å²) < 4.78 is 38.1. The standard InChI is InChI=1S/C16H17F3N2O2/c1-9(2)21-13(14(22)20-8-16(17,18)19)7-11-5-4-10(3)6-12(11)15(21)23/h4-7,9H,8H2,1-3H3,(H,20,22). The fourth-order valence-corrected chi connectivity index (χ4v) is 2.40. The van der Waals surface area contributed by atoms with Gasteiger partial charge in [-0.25, -0.2) is 0 Å². The van der Waals surface area contributed by atoms with Crippen LogP contribution in [0.4, 0.5) is 13.2 Å². The Morgan fingerprint density at radius 1 is 1.26 bits per heavy atom. The van der Waals surface area contributed by atoms with Crippen molar-refractivity contribution < 1.29 is 18.0 Å². The molecule has 0 saturated carbocycles. The Balaban J connectivity index is 2.58. The van der Waals surface area contributed by atoms with Crippen LogP contribution in [0.5, 0.6) is 0 Å². The van der Waals surface area contributed by atoms with Crippen LogP contribution in [-0.2, 0) is 0 Å². The average Bonchev–Trinajstić information content (AvgIpc) is 2.44. The quantitative estimate of drug-likeness (QED) is 0.942. The Morgan fingerprint density at radius 3 is 2.48 bits per heavy atom. The monoisotopic (exact) mass is 326 g/mol. The van der Waals surface area contributed by atoms with E-state index >= 15 is 0 Å². The van der Waals surface area contributed by atoms with Crippen molar-refractivity contribution in [2.75, 3.05) is 6.54 Å². The van der Waals surface area contributed by atoms with Gasteiger partial charge in [-0.3, -0.25) is 9.59 Å². The molecule has 4 nitrogen and oxygen atoms in total. The fraction of sp³-hybridized carbons (Fsp3) is 0.375. The summed E-state index contributed by atoms with van der Waals surface area (Å²) >= 11 is 0. The number of nitrogens with zero attached hydrogens (tertiary/aromatic N) is 1. The van der Waals surface area contributed by atoms with Crippen LogP contribution in [0.3, 0.4) is 0 Å². The number of rotatable bonds is 3. The number of benzene rings is 1. The fourth-order valence-electron chi connectivity index (χ4n) is 2.40. The number of fused-ring (bicyclic) bond motifs is 1.